The third kappa shape index (κ3) is 5.69. The molecule has 2 heterocycles. The van der Waals surface area contributed by atoms with Crippen molar-refractivity contribution in [2.45, 2.75) is 45.2 Å². The molecule has 0 aromatic rings. The minimum atomic E-state index is -0.854. The normalized spacial score (nSPS) is 23.6. The zero-order chi connectivity index (χ0) is 19.5. The van der Waals surface area contributed by atoms with E-state index in [1.807, 2.05) is 13.8 Å². The fourth-order valence-electron chi connectivity index (χ4n) is 3.29. The molecule has 154 valence electrons. The van der Waals surface area contributed by atoms with Crippen LogP contribution >= 0.6 is 24.0 Å². The van der Waals surface area contributed by atoms with Crippen molar-refractivity contribution in [2.75, 3.05) is 33.7 Å². The molecule has 4 amide bonds. The van der Waals surface area contributed by atoms with Gasteiger partial charge in [0.2, 0.25) is 5.91 Å². The standard InChI is InChI=1S/C17H30N6O3.HI/c1-11(2)19-15(18-10-13(24)22(4)5)23-8-6-12(7-9-23)17(3)14(25)20-16(26)21-17;/h11-12H,6-10H2,1-5H3,(H,18,19)(H2,20,21,25,26);1H. The lowest BCUT2D eigenvalue weighted by Crippen LogP contribution is -2.56. The van der Waals surface area contributed by atoms with E-state index in [-0.39, 0.29) is 54.3 Å². The summed E-state index contributed by atoms with van der Waals surface area (Å²) in [5.74, 6) is 0.458. The van der Waals surface area contributed by atoms with Gasteiger partial charge in [0.15, 0.2) is 5.96 Å². The Morgan fingerprint density at radius 1 is 1.33 bits per heavy atom. The van der Waals surface area contributed by atoms with Gasteiger partial charge < -0.3 is 20.4 Å². The molecular formula is C17H31IN6O3. The zero-order valence-corrected chi connectivity index (χ0v) is 19.0. The minimum absolute atomic E-state index is 0. The smallest absolute Gasteiger partial charge is 0.322 e. The highest BCUT2D eigenvalue weighted by molar-refractivity contribution is 14.0. The predicted octanol–water partition coefficient (Wildman–Crippen LogP) is 0.357. The largest absolute Gasteiger partial charge is 0.354 e. The monoisotopic (exact) mass is 494 g/mol. The average molecular weight is 494 g/mol. The first-order chi connectivity index (χ1) is 12.1. The molecule has 2 fully saturated rings. The van der Waals surface area contributed by atoms with Crippen LogP contribution in [0.15, 0.2) is 4.99 Å². The van der Waals surface area contributed by atoms with Crippen LogP contribution in [-0.2, 0) is 9.59 Å². The Morgan fingerprint density at radius 3 is 2.37 bits per heavy atom. The molecular weight excluding hydrogens is 463 g/mol. The summed E-state index contributed by atoms with van der Waals surface area (Å²) >= 11 is 0. The molecule has 1 atom stereocenters. The van der Waals surface area contributed by atoms with Gasteiger partial charge in [-0.2, -0.15) is 0 Å². The Balaban J connectivity index is 0.00000364. The first-order valence-corrected chi connectivity index (χ1v) is 9.03. The van der Waals surface area contributed by atoms with Gasteiger partial charge in [-0.3, -0.25) is 14.9 Å². The molecule has 0 aromatic heterocycles. The number of hydrogen-bond donors (Lipinski definition) is 3. The Labute approximate surface area is 177 Å². The third-order valence-corrected chi connectivity index (χ3v) is 4.96. The van der Waals surface area contributed by atoms with Gasteiger partial charge in [0, 0.05) is 33.2 Å². The summed E-state index contributed by atoms with van der Waals surface area (Å²) in [6.07, 6.45) is 1.51. The topological polar surface area (TPSA) is 106 Å². The number of amides is 4. The number of urea groups is 1. The van der Waals surface area contributed by atoms with Crippen LogP contribution in [0.4, 0.5) is 4.79 Å². The zero-order valence-electron chi connectivity index (χ0n) is 16.7. The van der Waals surface area contributed by atoms with Crippen LogP contribution in [-0.4, -0.2) is 78.9 Å². The van der Waals surface area contributed by atoms with Crippen molar-refractivity contribution >= 4 is 47.8 Å². The first-order valence-electron chi connectivity index (χ1n) is 9.03. The fourth-order valence-corrected chi connectivity index (χ4v) is 3.29. The van der Waals surface area contributed by atoms with Gasteiger partial charge in [-0.25, -0.2) is 9.79 Å². The number of likely N-dealkylation sites (N-methyl/N-ethyl adjacent to an activating group) is 1. The number of aliphatic imine (C=N–C) groups is 1. The maximum absolute atomic E-state index is 12.1. The molecule has 9 nitrogen and oxygen atoms in total. The number of halogens is 1. The van der Waals surface area contributed by atoms with E-state index in [0.717, 1.165) is 12.8 Å². The summed E-state index contributed by atoms with van der Waals surface area (Å²) in [6.45, 7) is 7.34. The molecule has 2 aliphatic heterocycles. The highest BCUT2D eigenvalue weighted by Gasteiger charge is 2.48. The highest BCUT2D eigenvalue weighted by Crippen LogP contribution is 2.30. The summed E-state index contributed by atoms with van der Waals surface area (Å²) in [5, 5.41) is 8.40. The summed E-state index contributed by atoms with van der Waals surface area (Å²) in [4.78, 5) is 43.5. The summed E-state index contributed by atoms with van der Waals surface area (Å²) in [5.41, 5.74) is -0.854. The van der Waals surface area contributed by atoms with Gasteiger partial charge in [-0.15, -0.1) is 24.0 Å². The van der Waals surface area contributed by atoms with E-state index in [1.165, 1.54) is 4.90 Å². The van der Waals surface area contributed by atoms with Crippen LogP contribution in [0.3, 0.4) is 0 Å². The number of likely N-dealkylation sites (tertiary alicyclic amines) is 1. The Bertz CT molecular complexity index is 601. The maximum Gasteiger partial charge on any atom is 0.322 e. The van der Waals surface area contributed by atoms with E-state index in [2.05, 4.69) is 25.8 Å². The molecule has 27 heavy (non-hydrogen) atoms. The Morgan fingerprint density at radius 2 is 1.93 bits per heavy atom. The van der Waals surface area contributed by atoms with Gasteiger partial charge in [-0.05, 0) is 39.5 Å². The second-order valence-corrected chi connectivity index (χ2v) is 7.60. The van der Waals surface area contributed by atoms with E-state index >= 15 is 0 Å². The third-order valence-electron chi connectivity index (χ3n) is 4.96. The number of imide groups is 1. The van der Waals surface area contributed by atoms with Crippen molar-refractivity contribution < 1.29 is 14.4 Å². The van der Waals surface area contributed by atoms with Crippen molar-refractivity contribution in [1.29, 1.82) is 0 Å². The van der Waals surface area contributed by atoms with Crippen molar-refractivity contribution in [2.24, 2.45) is 10.9 Å². The highest BCUT2D eigenvalue weighted by atomic mass is 127. The molecule has 2 saturated heterocycles. The molecule has 0 saturated carbocycles. The van der Waals surface area contributed by atoms with Crippen molar-refractivity contribution in [3.8, 4) is 0 Å². The lowest BCUT2D eigenvalue weighted by Gasteiger charge is -2.40. The molecule has 0 radical (unpaired) electrons. The number of piperidine rings is 1. The fraction of sp³-hybridized carbons (Fsp3) is 0.765. The molecule has 1 unspecified atom stereocenters. The van der Waals surface area contributed by atoms with Gasteiger partial charge in [0.1, 0.15) is 12.1 Å². The molecule has 2 rings (SSSR count). The number of hydrogen-bond acceptors (Lipinski definition) is 4. The van der Waals surface area contributed by atoms with E-state index in [9.17, 15) is 14.4 Å². The maximum atomic E-state index is 12.1. The minimum Gasteiger partial charge on any atom is -0.354 e. The van der Waals surface area contributed by atoms with Crippen LogP contribution in [0.1, 0.15) is 33.6 Å². The molecule has 3 N–H and O–H groups in total. The number of nitrogens with one attached hydrogen (secondary N) is 3. The second-order valence-electron chi connectivity index (χ2n) is 7.60. The van der Waals surface area contributed by atoms with Crippen molar-refractivity contribution in [3.05, 3.63) is 0 Å². The quantitative estimate of drug-likeness (QED) is 0.227. The lowest BCUT2D eigenvalue weighted by molar-refractivity contribution is -0.127. The van der Waals surface area contributed by atoms with E-state index in [1.54, 1.807) is 21.0 Å². The van der Waals surface area contributed by atoms with E-state index < -0.39 is 11.6 Å². The number of rotatable bonds is 4. The first kappa shape index (κ1) is 23.4. The Kier molecular flexibility index (Phi) is 8.30. The predicted molar refractivity (Wildman–Crippen MR) is 114 cm³/mol. The summed E-state index contributed by atoms with van der Waals surface area (Å²) in [6, 6.07) is -0.232. The number of carbonyl (C=O) groups is 3. The van der Waals surface area contributed by atoms with E-state index in [4.69, 9.17) is 0 Å². The second kappa shape index (κ2) is 9.56. The summed E-state index contributed by atoms with van der Waals surface area (Å²) in [7, 11) is 3.42. The van der Waals surface area contributed by atoms with Crippen LogP contribution in [0.5, 0.6) is 0 Å². The molecule has 10 heteroatoms. The van der Waals surface area contributed by atoms with Gasteiger partial charge >= 0.3 is 6.03 Å². The van der Waals surface area contributed by atoms with Crippen LogP contribution in [0.25, 0.3) is 0 Å². The van der Waals surface area contributed by atoms with Gasteiger partial charge in [0.05, 0.1) is 0 Å². The lowest BCUT2D eigenvalue weighted by atomic mass is 9.79. The molecule has 0 spiro atoms. The molecule has 2 aliphatic rings. The number of carbonyl (C=O) groups excluding carboxylic acids is 3. The van der Waals surface area contributed by atoms with Crippen LogP contribution < -0.4 is 16.0 Å². The van der Waals surface area contributed by atoms with E-state index in [0.29, 0.717) is 19.0 Å². The Hall–Kier alpha value is -1.59. The van der Waals surface area contributed by atoms with Crippen molar-refractivity contribution in [1.82, 2.24) is 25.8 Å². The van der Waals surface area contributed by atoms with Gasteiger partial charge in [0.25, 0.3) is 5.91 Å². The summed E-state index contributed by atoms with van der Waals surface area (Å²) < 4.78 is 0. The number of nitrogens with zero attached hydrogens (tertiary/aromatic N) is 3. The molecule has 0 bridgehead atoms. The van der Waals surface area contributed by atoms with Crippen molar-refractivity contribution in [3.63, 3.8) is 0 Å². The van der Waals surface area contributed by atoms with Crippen LogP contribution in [0.2, 0.25) is 0 Å². The molecule has 0 aliphatic carbocycles. The molecule has 0 aromatic carbocycles. The van der Waals surface area contributed by atoms with Gasteiger partial charge in [-0.1, -0.05) is 0 Å². The van der Waals surface area contributed by atoms with Crippen LogP contribution in [0, 0.1) is 5.92 Å². The number of guanidine groups is 1. The SMILES string of the molecule is CC(C)NC(=NCC(=O)N(C)C)N1CCC(C2(C)NC(=O)NC2=O)CC1.I. The average Bonchev–Trinajstić information content (AvgIpc) is 2.84.